The van der Waals surface area contributed by atoms with Gasteiger partial charge in [-0.25, -0.2) is 4.79 Å². The van der Waals surface area contributed by atoms with E-state index < -0.39 is 23.6 Å². The summed E-state index contributed by atoms with van der Waals surface area (Å²) in [6.07, 6.45) is 3.95. The Morgan fingerprint density at radius 2 is 2.14 bits per heavy atom. The Morgan fingerprint density at radius 3 is 2.91 bits per heavy atom. The molecule has 3 heterocycles. The Morgan fingerprint density at radius 1 is 1.32 bits per heavy atom. The first-order valence-corrected chi connectivity index (χ1v) is 7.99. The van der Waals surface area contributed by atoms with Gasteiger partial charge in [-0.05, 0) is 36.3 Å². The molecule has 0 radical (unpaired) electrons. The average Bonchev–Trinajstić information content (AvgIpc) is 2.79. The quantitative estimate of drug-likeness (QED) is 0.582. The van der Waals surface area contributed by atoms with Crippen molar-refractivity contribution in [2.75, 3.05) is 6.54 Å². The summed E-state index contributed by atoms with van der Waals surface area (Å²) in [5.74, 6) is -1.21. The minimum atomic E-state index is -1.16. The van der Waals surface area contributed by atoms with Gasteiger partial charge in [-0.15, -0.1) is 0 Å². The molecule has 3 aliphatic heterocycles. The number of carboxylic acids is 1. The van der Waals surface area contributed by atoms with Gasteiger partial charge in [0.2, 0.25) is 12.0 Å². The summed E-state index contributed by atoms with van der Waals surface area (Å²) in [6.45, 7) is 0.551. The number of cyclic esters (lactones) is 1. The highest BCUT2D eigenvalue weighted by Crippen LogP contribution is 2.55. The first-order chi connectivity index (χ1) is 10.5. The van der Waals surface area contributed by atoms with Crippen LogP contribution in [-0.2, 0) is 19.1 Å². The number of amides is 1. The van der Waals surface area contributed by atoms with Crippen LogP contribution in [0.2, 0.25) is 0 Å². The van der Waals surface area contributed by atoms with Crippen molar-refractivity contribution in [3.05, 3.63) is 11.1 Å². The third kappa shape index (κ3) is 1.63. The van der Waals surface area contributed by atoms with Crippen molar-refractivity contribution in [3.63, 3.8) is 0 Å². The van der Waals surface area contributed by atoms with Crippen molar-refractivity contribution in [2.24, 2.45) is 5.92 Å². The molecule has 6 nitrogen and oxygen atoms in total. The lowest BCUT2D eigenvalue weighted by Gasteiger charge is -2.52. The van der Waals surface area contributed by atoms with Crippen molar-refractivity contribution >= 4 is 17.8 Å². The molecular formula is C16H19NO5. The number of carbonyl (C=O) groups is 3. The molecule has 0 aromatic rings. The van der Waals surface area contributed by atoms with Crippen LogP contribution in [0.1, 0.15) is 44.9 Å². The SMILES string of the molecule is O=C1CC2=C(CCN3C(=O)C[C@@H]4CCCC[C@@]243)C(C(=O)O)O1. The highest BCUT2D eigenvalue weighted by atomic mass is 16.6. The molecule has 0 aromatic heterocycles. The van der Waals surface area contributed by atoms with E-state index in [-0.39, 0.29) is 18.2 Å². The monoisotopic (exact) mass is 305 g/mol. The molecule has 2 fully saturated rings. The molecule has 22 heavy (non-hydrogen) atoms. The zero-order valence-electron chi connectivity index (χ0n) is 12.3. The van der Waals surface area contributed by atoms with E-state index >= 15 is 0 Å². The van der Waals surface area contributed by atoms with Crippen molar-refractivity contribution < 1.29 is 24.2 Å². The third-order valence-electron chi connectivity index (χ3n) is 5.87. The Bertz CT molecular complexity index is 610. The maximum absolute atomic E-state index is 12.4. The number of esters is 1. The van der Waals surface area contributed by atoms with E-state index in [9.17, 15) is 19.5 Å². The van der Waals surface area contributed by atoms with Crippen LogP contribution in [0.15, 0.2) is 11.1 Å². The molecule has 1 aliphatic carbocycles. The van der Waals surface area contributed by atoms with Crippen LogP contribution in [0.4, 0.5) is 0 Å². The first-order valence-electron chi connectivity index (χ1n) is 7.99. The van der Waals surface area contributed by atoms with E-state index in [4.69, 9.17) is 4.74 Å². The van der Waals surface area contributed by atoms with Crippen LogP contribution in [0.25, 0.3) is 0 Å². The second-order valence-electron chi connectivity index (χ2n) is 6.76. The fraction of sp³-hybridized carbons (Fsp3) is 0.688. The van der Waals surface area contributed by atoms with E-state index in [0.29, 0.717) is 19.4 Å². The Hall–Kier alpha value is -1.85. The van der Waals surface area contributed by atoms with Gasteiger partial charge < -0.3 is 14.7 Å². The van der Waals surface area contributed by atoms with Crippen molar-refractivity contribution in [3.8, 4) is 0 Å². The molecule has 4 aliphatic rings. The lowest BCUT2D eigenvalue weighted by molar-refractivity contribution is -0.163. The highest BCUT2D eigenvalue weighted by molar-refractivity contribution is 5.88. The second kappa shape index (κ2) is 4.57. The fourth-order valence-electron chi connectivity index (χ4n) is 5.09. The van der Waals surface area contributed by atoms with Gasteiger partial charge in [-0.3, -0.25) is 9.59 Å². The average molecular weight is 305 g/mol. The van der Waals surface area contributed by atoms with Crippen LogP contribution in [0.5, 0.6) is 0 Å². The van der Waals surface area contributed by atoms with E-state index in [0.717, 1.165) is 36.8 Å². The molecule has 1 amide bonds. The molecule has 3 atom stereocenters. The van der Waals surface area contributed by atoms with E-state index in [1.807, 2.05) is 4.90 Å². The molecule has 118 valence electrons. The second-order valence-corrected chi connectivity index (χ2v) is 6.76. The van der Waals surface area contributed by atoms with Crippen molar-refractivity contribution in [1.29, 1.82) is 0 Å². The molecule has 1 N–H and O–H groups in total. The van der Waals surface area contributed by atoms with Crippen LogP contribution >= 0.6 is 0 Å². The van der Waals surface area contributed by atoms with Gasteiger partial charge in [0.15, 0.2) is 0 Å². The lowest BCUT2D eigenvalue weighted by atomic mass is 9.64. The van der Waals surface area contributed by atoms with E-state index in [2.05, 4.69) is 0 Å². The molecule has 4 rings (SSSR count). The zero-order valence-corrected chi connectivity index (χ0v) is 12.3. The summed E-state index contributed by atoms with van der Waals surface area (Å²) >= 11 is 0. The number of hydrogen-bond donors (Lipinski definition) is 1. The topological polar surface area (TPSA) is 83.9 Å². The molecule has 6 heteroatoms. The number of carbonyl (C=O) groups excluding carboxylic acids is 2. The third-order valence-corrected chi connectivity index (χ3v) is 5.87. The maximum Gasteiger partial charge on any atom is 0.349 e. The molecule has 1 saturated heterocycles. The van der Waals surface area contributed by atoms with Crippen LogP contribution < -0.4 is 0 Å². The van der Waals surface area contributed by atoms with Crippen LogP contribution in [0.3, 0.4) is 0 Å². The molecule has 0 bridgehead atoms. The summed E-state index contributed by atoms with van der Waals surface area (Å²) in [7, 11) is 0. The largest absolute Gasteiger partial charge is 0.478 e. The van der Waals surface area contributed by atoms with Gasteiger partial charge in [0.05, 0.1) is 12.0 Å². The summed E-state index contributed by atoms with van der Waals surface area (Å²) < 4.78 is 5.07. The van der Waals surface area contributed by atoms with Crippen LogP contribution in [-0.4, -0.2) is 46.0 Å². The number of ether oxygens (including phenoxy) is 1. The summed E-state index contributed by atoms with van der Waals surface area (Å²) in [5, 5.41) is 9.39. The Balaban J connectivity index is 1.88. The number of rotatable bonds is 1. The Labute approximate surface area is 128 Å². The lowest BCUT2D eigenvalue weighted by Crippen LogP contribution is -2.57. The van der Waals surface area contributed by atoms with Gasteiger partial charge >= 0.3 is 11.9 Å². The summed E-state index contributed by atoms with van der Waals surface area (Å²) in [5.41, 5.74) is 1.22. The Kier molecular flexibility index (Phi) is 2.86. The van der Waals surface area contributed by atoms with Gasteiger partial charge in [-0.2, -0.15) is 0 Å². The number of nitrogens with zero attached hydrogens (tertiary/aromatic N) is 1. The molecule has 1 unspecified atom stereocenters. The van der Waals surface area contributed by atoms with Gasteiger partial charge in [-0.1, -0.05) is 12.8 Å². The molecule has 1 spiro atoms. The minimum absolute atomic E-state index is 0.138. The van der Waals surface area contributed by atoms with Gasteiger partial charge in [0, 0.05) is 13.0 Å². The zero-order chi connectivity index (χ0) is 15.5. The standard InChI is InChI=1S/C16H19NO5/c18-12-7-9-3-1-2-5-16(9)11-8-13(19)22-14(15(20)21)10(11)4-6-17(12)16/h9,14H,1-8H2,(H,20,21)/t9-,14?,16-/m0/s1. The molecule has 0 aromatic carbocycles. The number of hydrogen-bond acceptors (Lipinski definition) is 4. The van der Waals surface area contributed by atoms with Crippen molar-refractivity contribution in [1.82, 2.24) is 4.90 Å². The highest BCUT2D eigenvalue weighted by Gasteiger charge is 2.59. The molecular weight excluding hydrogens is 286 g/mol. The normalized spacial score (nSPS) is 37.4. The fourth-order valence-corrected chi connectivity index (χ4v) is 5.09. The summed E-state index contributed by atoms with van der Waals surface area (Å²) in [6, 6.07) is 0. The van der Waals surface area contributed by atoms with E-state index in [1.54, 1.807) is 0 Å². The summed E-state index contributed by atoms with van der Waals surface area (Å²) in [4.78, 5) is 37.8. The smallest absolute Gasteiger partial charge is 0.349 e. The molecule has 1 saturated carbocycles. The van der Waals surface area contributed by atoms with E-state index in [1.165, 1.54) is 0 Å². The van der Waals surface area contributed by atoms with Gasteiger partial charge in [0.1, 0.15) is 0 Å². The van der Waals surface area contributed by atoms with Crippen molar-refractivity contribution in [2.45, 2.75) is 56.6 Å². The number of carboxylic acid groups (broad SMARTS) is 1. The predicted molar refractivity (Wildman–Crippen MR) is 74.8 cm³/mol. The van der Waals surface area contributed by atoms with Gasteiger partial charge in [0.25, 0.3) is 0 Å². The minimum Gasteiger partial charge on any atom is -0.478 e. The number of aliphatic carboxylic acids is 1. The first kappa shape index (κ1) is 13.8. The maximum atomic E-state index is 12.4. The van der Waals surface area contributed by atoms with Crippen LogP contribution in [0, 0.1) is 5.92 Å². The predicted octanol–water partition coefficient (Wildman–Crippen LogP) is 1.25.